The highest BCUT2D eigenvalue weighted by atomic mass is 19.4. The maximum Gasteiger partial charge on any atom is 0.471 e. The predicted octanol–water partition coefficient (Wildman–Crippen LogP) is 6.77. The summed E-state index contributed by atoms with van der Waals surface area (Å²) in [5.74, 6) is -29.0. The van der Waals surface area contributed by atoms with Crippen LogP contribution in [0.25, 0.3) is 0 Å². The van der Waals surface area contributed by atoms with E-state index in [4.69, 9.17) is 0 Å². The highest BCUT2D eigenvalue weighted by molar-refractivity contribution is 5.96. The van der Waals surface area contributed by atoms with E-state index < -0.39 is 93.6 Å². The van der Waals surface area contributed by atoms with E-state index in [9.17, 15) is 53.5 Å². The summed E-state index contributed by atoms with van der Waals surface area (Å²) in [6.45, 7) is 0. The molecule has 0 heterocycles. The Morgan fingerprint density at radius 3 is 1.08 bits per heavy atom. The average molecular weight is 574 g/mol. The van der Waals surface area contributed by atoms with E-state index in [0.717, 1.165) is 0 Å². The number of hydrogen-bond donors (Lipinski definition) is 2. The van der Waals surface area contributed by atoms with Crippen LogP contribution in [0.1, 0.15) is 22.3 Å². The largest absolute Gasteiger partial charge is 0.471 e. The Morgan fingerprint density at radius 2 is 0.816 bits per heavy atom. The van der Waals surface area contributed by atoms with Crippen molar-refractivity contribution in [1.29, 1.82) is 0 Å². The molecule has 4 bridgehead atoms. The van der Waals surface area contributed by atoms with Gasteiger partial charge >= 0.3 is 47.9 Å². The summed E-state index contributed by atoms with van der Waals surface area (Å²) in [5.41, 5.74) is -12.9. The summed E-state index contributed by atoms with van der Waals surface area (Å²) in [6, 6.07) is -2.26. The van der Waals surface area contributed by atoms with Crippen LogP contribution in [0.15, 0.2) is 36.4 Å². The molecule has 2 aromatic rings. The van der Waals surface area contributed by atoms with Gasteiger partial charge in [-0.2, -0.15) is 61.5 Å². The van der Waals surface area contributed by atoms with Crippen LogP contribution < -0.4 is 10.6 Å². The maximum atomic E-state index is 15.1. The van der Waals surface area contributed by atoms with Gasteiger partial charge in [0, 0.05) is 11.1 Å². The van der Waals surface area contributed by atoms with Gasteiger partial charge < -0.3 is 10.6 Å². The molecule has 38 heavy (non-hydrogen) atoms. The first-order valence-corrected chi connectivity index (χ1v) is 9.53. The minimum absolute atomic E-state index is 0.239. The highest BCUT2D eigenvalue weighted by Gasteiger charge is 2.64. The van der Waals surface area contributed by atoms with E-state index in [0.29, 0.717) is 10.6 Å². The monoisotopic (exact) mass is 574 g/mol. The van der Waals surface area contributed by atoms with Crippen LogP contribution in [0.5, 0.6) is 0 Å². The SMILES string of the molecule is O=C(Nc1cc2ccc1C(F)(F)C(F)(F)c1ccc(cc1NC(=O)C(F)(F)F)C(F)(F)C2(F)F)C(F)(F)F. The molecule has 0 spiro atoms. The first-order valence-electron chi connectivity index (χ1n) is 9.53. The number of hydrogen-bond acceptors (Lipinski definition) is 2. The molecule has 2 amide bonds. The number of carbonyl (C=O) groups is 2. The third kappa shape index (κ3) is 4.48. The molecule has 18 heteroatoms. The first-order chi connectivity index (χ1) is 17.0. The summed E-state index contributed by atoms with van der Waals surface area (Å²) < 4.78 is 196. The van der Waals surface area contributed by atoms with Crippen molar-refractivity contribution in [3.63, 3.8) is 0 Å². The lowest BCUT2D eigenvalue weighted by molar-refractivity contribution is -0.226. The van der Waals surface area contributed by atoms with Gasteiger partial charge in [-0.05, 0) is 12.1 Å². The van der Waals surface area contributed by atoms with Crippen molar-refractivity contribution in [2.75, 3.05) is 10.6 Å². The second-order valence-electron chi connectivity index (χ2n) is 7.72. The van der Waals surface area contributed by atoms with E-state index in [-0.39, 0.29) is 24.3 Å². The number of alkyl halides is 14. The van der Waals surface area contributed by atoms with E-state index in [1.165, 1.54) is 0 Å². The van der Waals surface area contributed by atoms with Gasteiger partial charge in [-0.1, -0.05) is 24.3 Å². The lowest BCUT2D eigenvalue weighted by Crippen LogP contribution is -2.41. The lowest BCUT2D eigenvalue weighted by Gasteiger charge is -2.34. The number of rotatable bonds is 2. The molecule has 0 aliphatic heterocycles. The normalized spacial score (nSPS) is 19.3. The van der Waals surface area contributed by atoms with Crippen molar-refractivity contribution in [1.82, 2.24) is 0 Å². The van der Waals surface area contributed by atoms with Crippen LogP contribution in [-0.2, 0) is 33.3 Å². The Bertz CT molecular complexity index is 1200. The van der Waals surface area contributed by atoms with E-state index in [1.54, 1.807) is 0 Å². The van der Waals surface area contributed by atoms with Crippen LogP contribution in [0.2, 0.25) is 0 Å². The molecule has 0 radical (unpaired) electrons. The lowest BCUT2D eigenvalue weighted by atomic mass is 9.87. The van der Waals surface area contributed by atoms with Crippen molar-refractivity contribution in [3.05, 3.63) is 58.7 Å². The quantitative estimate of drug-likeness (QED) is 0.390. The predicted molar refractivity (Wildman–Crippen MR) is 97.8 cm³/mol. The van der Waals surface area contributed by atoms with Crippen molar-refractivity contribution >= 4 is 23.2 Å². The summed E-state index contributed by atoms with van der Waals surface area (Å²) >= 11 is 0. The zero-order valence-electron chi connectivity index (χ0n) is 17.6. The fourth-order valence-corrected chi connectivity index (χ4v) is 3.32. The average Bonchev–Trinajstić information content (AvgIpc) is 2.76. The number of amides is 2. The molecular weight excluding hydrogens is 566 g/mol. The second kappa shape index (κ2) is 8.45. The fourth-order valence-electron chi connectivity index (χ4n) is 3.32. The highest BCUT2D eigenvalue weighted by Crippen LogP contribution is 2.57. The number of anilines is 2. The Kier molecular flexibility index (Phi) is 6.44. The van der Waals surface area contributed by atoms with Crippen LogP contribution in [-0.4, -0.2) is 24.2 Å². The van der Waals surface area contributed by atoms with Gasteiger partial charge in [0.05, 0.1) is 22.5 Å². The van der Waals surface area contributed by atoms with Crippen LogP contribution >= 0.6 is 0 Å². The topological polar surface area (TPSA) is 58.2 Å². The molecule has 0 saturated heterocycles. The molecule has 4 nitrogen and oxygen atoms in total. The Balaban J connectivity index is 2.41. The third-order valence-electron chi connectivity index (χ3n) is 5.24. The Morgan fingerprint density at radius 1 is 0.526 bits per heavy atom. The minimum atomic E-state index is -5.90. The summed E-state index contributed by atoms with van der Waals surface area (Å²) in [6.07, 6.45) is -11.8. The van der Waals surface area contributed by atoms with Gasteiger partial charge in [-0.15, -0.1) is 0 Å². The van der Waals surface area contributed by atoms with Crippen LogP contribution in [0.3, 0.4) is 0 Å². The number of carbonyl (C=O) groups excluding carboxylic acids is 2. The minimum Gasteiger partial charge on any atom is -0.318 e. The number of nitrogens with one attached hydrogen (secondary N) is 2. The molecule has 0 atom stereocenters. The van der Waals surface area contributed by atoms with Gasteiger partial charge in [0.25, 0.3) is 0 Å². The Labute approximate surface area is 200 Å². The van der Waals surface area contributed by atoms with E-state index in [1.807, 2.05) is 0 Å². The zero-order valence-corrected chi connectivity index (χ0v) is 17.6. The van der Waals surface area contributed by atoms with E-state index >= 15 is 17.6 Å². The molecule has 0 fully saturated rings. The molecule has 4 aliphatic rings. The van der Waals surface area contributed by atoms with Crippen LogP contribution in [0.4, 0.5) is 72.8 Å². The first kappa shape index (κ1) is 29.0. The maximum absolute atomic E-state index is 15.1. The molecule has 6 rings (SSSR count). The molecular formula is C20H8F14N2O2. The standard InChI is InChI=1S/C20H8F14N2O2/c21-15(22)7-1-3-9(11(5-7)35-13(37)19(29,30)31)17(25,26)18(27,28)10-4-2-8(16(15,23)24)6-12(10)36-14(38)20(32,33)34/h1-6H,(H,35,37)(H,36,38). The van der Waals surface area contributed by atoms with E-state index in [2.05, 4.69) is 0 Å². The molecule has 4 aliphatic carbocycles. The Hall–Kier alpha value is -3.60. The molecule has 208 valence electrons. The number of halogens is 14. The smallest absolute Gasteiger partial charge is 0.318 e. The van der Waals surface area contributed by atoms with Crippen LogP contribution in [0, 0.1) is 0 Å². The van der Waals surface area contributed by atoms with Crippen molar-refractivity contribution in [3.8, 4) is 0 Å². The van der Waals surface area contributed by atoms with Gasteiger partial charge in [0.2, 0.25) is 0 Å². The van der Waals surface area contributed by atoms with Crippen molar-refractivity contribution in [2.45, 2.75) is 36.0 Å². The number of benzene rings is 2. The summed E-state index contributed by atoms with van der Waals surface area (Å²) in [4.78, 5) is 22.5. The summed E-state index contributed by atoms with van der Waals surface area (Å²) in [7, 11) is 0. The fraction of sp³-hybridized carbons (Fsp3) is 0.300. The van der Waals surface area contributed by atoms with Crippen molar-refractivity contribution < 1.29 is 71.1 Å². The molecule has 0 saturated carbocycles. The molecule has 0 aromatic heterocycles. The second-order valence-corrected chi connectivity index (χ2v) is 7.72. The van der Waals surface area contributed by atoms with Gasteiger partial charge in [0.15, 0.2) is 0 Å². The van der Waals surface area contributed by atoms with Gasteiger partial charge in [0.1, 0.15) is 0 Å². The third-order valence-corrected chi connectivity index (χ3v) is 5.24. The van der Waals surface area contributed by atoms with Gasteiger partial charge in [-0.25, -0.2) is 0 Å². The molecule has 2 N–H and O–H groups in total. The molecule has 0 unspecified atom stereocenters. The van der Waals surface area contributed by atoms with Crippen molar-refractivity contribution in [2.24, 2.45) is 0 Å². The zero-order chi connectivity index (χ0) is 29.3. The van der Waals surface area contributed by atoms with Gasteiger partial charge in [-0.3, -0.25) is 9.59 Å². The molecule has 2 aromatic carbocycles. The summed E-state index contributed by atoms with van der Waals surface area (Å²) in [5, 5.41) is 1.27.